The van der Waals surface area contributed by atoms with Crippen LogP contribution in [-0.4, -0.2) is 20.1 Å². The Hall–Kier alpha value is -3.18. The van der Waals surface area contributed by atoms with Crippen molar-refractivity contribution in [1.82, 2.24) is 0 Å². The molecule has 0 radical (unpaired) electrons. The van der Waals surface area contributed by atoms with E-state index in [-0.39, 0.29) is 12.1 Å². The second kappa shape index (κ2) is 7.44. The van der Waals surface area contributed by atoms with E-state index in [1.54, 1.807) is 31.3 Å². The van der Waals surface area contributed by atoms with Crippen LogP contribution in [0.15, 0.2) is 66.7 Å². The predicted molar refractivity (Wildman–Crippen MR) is 111 cm³/mol. The number of hydrogen-bond donors (Lipinski definition) is 1. The molecule has 0 saturated carbocycles. The van der Waals surface area contributed by atoms with E-state index in [9.17, 15) is 4.79 Å². The highest BCUT2D eigenvalue weighted by atomic mass is 35.5. The number of nitrogens with zero attached hydrogens (tertiary/aromatic N) is 1. The molecule has 1 aliphatic rings. The van der Waals surface area contributed by atoms with Gasteiger partial charge in [-0.05, 0) is 42.5 Å². The third kappa shape index (κ3) is 3.14. The molecule has 6 heteroatoms. The monoisotopic (exact) mass is 394 g/mol. The second-order valence-corrected chi connectivity index (χ2v) is 6.79. The fourth-order valence-electron chi connectivity index (χ4n) is 3.41. The first-order valence-corrected chi connectivity index (χ1v) is 9.17. The van der Waals surface area contributed by atoms with Crippen molar-refractivity contribution in [2.24, 2.45) is 0 Å². The smallest absolute Gasteiger partial charge is 0.260 e. The summed E-state index contributed by atoms with van der Waals surface area (Å²) in [6.45, 7) is 0. The minimum Gasteiger partial charge on any atom is -0.493 e. The van der Waals surface area contributed by atoms with Gasteiger partial charge in [0, 0.05) is 33.6 Å². The Kier molecular flexibility index (Phi) is 4.84. The van der Waals surface area contributed by atoms with E-state index in [0.29, 0.717) is 22.1 Å². The fourth-order valence-corrected chi connectivity index (χ4v) is 3.54. The van der Waals surface area contributed by atoms with Gasteiger partial charge < -0.3 is 14.8 Å². The van der Waals surface area contributed by atoms with Gasteiger partial charge in [0.15, 0.2) is 11.5 Å². The Morgan fingerprint density at radius 2 is 1.64 bits per heavy atom. The molecule has 0 bridgehead atoms. The van der Waals surface area contributed by atoms with Gasteiger partial charge in [0.2, 0.25) is 0 Å². The van der Waals surface area contributed by atoms with Gasteiger partial charge in [-0.1, -0.05) is 29.8 Å². The Balaban J connectivity index is 1.75. The summed E-state index contributed by atoms with van der Waals surface area (Å²) in [4.78, 5) is 14.8. The van der Waals surface area contributed by atoms with Crippen molar-refractivity contribution in [3.05, 3.63) is 82.9 Å². The number of amides is 1. The van der Waals surface area contributed by atoms with Crippen LogP contribution in [0.4, 0.5) is 11.4 Å². The predicted octanol–water partition coefficient (Wildman–Crippen LogP) is 5.13. The van der Waals surface area contributed by atoms with Crippen molar-refractivity contribution in [3.63, 3.8) is 0 Å². The number of carbonyl (C=O) groups excluding carboxylic acids is 1. The van der Waals surface area contributed by atoms with Crippen molar-refractivity contribution in [1.29, 1.82) is 0 Å². The summed E-state index contributed by atoms with van der Waals surface area (Å²) < 4.78 is 10.7. The van der Waals surface area contributed by atoms with Crippen molar-refractivity contribution >= 4 is 28.9 Å². The standard InChI is InChI=1S/C22H19ClN2O3/c1-27-19-12-9-15(13-20(19)28-2)24-21-17-5-3-4-6-18(17)22(26)25(21)16-10-7-14(23)8-11-16/h3-13,21,24H,1-2H3/t21-/m0/s1. The molecule has 28 heavy (non-hydrogen) atoms. The molecule has 4 rings (SSSR count). The molecule has 0 fully saturated rings. The van der Waals surface area contributed by atoms with Crippen molar-refractivity contribution in [2.75, 3.05) is 24.4 Å². The zero-order valence-electron chi connectivity index (χ0n) is 15.5. The molecule has 142 valence electrons. The number of ether oxygens (including phenoxy) is 2. The number of hydrogen-bond acceptors (Lipinski definition) is 4. The number of fused-ring (bicyclic) bond motifs is 1. The molecule has 0 spiro atoms. The van der Waals surface area contributed by atoms with Crippen LogP contribution in [0.1, 0.15) is 22.1 Å². The van der Waals surface area contributed by atoms with Crippen LogP contribution in [0.25, 0.3) is 0 Å². The summed E-state index contributed by atoms with van der Waals surface area (Å²) in [5, 5.41) is 4.08. The average Bonchev–Trinajstić information content (AvgIpc) is 3.00. The van der Waals surface area contributed by atoms with Gasteiger partial charge in [0.25, 0.3) is 5.91 Å². The molecule has 1 heterocycles. The molecule has 0 saturated heterocycles. The summed E-state index contributed by atoms with van der Waals surface area (Å²) in [5.74, 6) is 1.20. The number of anilines is 2. The number of rotatable bonds is 5. The normalized spacial score (nSPS) is 15.3. The number of carbonyl (C=O) groups is 1. The van der Waals surface area contributed by atoms with E-state index in [1.807, 2.05) is 54.6 Å². The van der Waals surface area contributed by atoms with Crippen LogP contribution in [0.3, 0.4) is 0 Å². The molecule has 3 aromatic rings. The largest absolute Gasteiger partial charge is 0.493 e. The zero-order valence-corrected chi connectivity index (χ0v) is 16.2. The van der Waals surface area contributed by atoms with E-state index in [0.717, 1.165) is 16.9 Å². The van der Waals surface area contributed by atoms with Crippen molar-refractivity contribution in [2.45, 2.75) is 6.17 Å². The van der Waals surface area contributed by atoms with Gasteiger partial charge in [-0.3, -0.25) is 9.69 Å². The van der Waals surface area contributed by atoms with Gasteiger partial charge in [-0.25, -0.2) is 0 Å². The zero-order chi connectivity index (χ0) is 19.7. The van der Waals surface area contributed by atoms with E-state index < -0.39 is 0 Å². The molecule has 0 unspecified atom stereocenters. The minimum atomic E-state index is -0.358. The van der Waals surface area contributed by atoms with E-state index >= 15 is 0 Å². The van der Waals surface area contributed by atoms with Gasteiger partial charge >= 0.3 is 0 Å². The fraction of sp³-hybridized carbons (Fsp3) is 0.136. The van der Waals surface area contributed by atoms with Crippen molar-refractivity contribution in [3.8, 4) is 11.5 Å². The number of benzene rings is 3. The average molecular weight is 395 g/mol. The summed E-state index contributed by atoms with van der Waals surface area (Å²) in [6, 6.07) is 20.4. The SMILES string of the molecule is COc1ccc(N[C@@H]2c3ccccc3C(=O)N2c2ccc(Cl)cc2)cc1OC. The molecule has 1 atom stereocenters. The molecule has 5 nitrogen and oxygen atoms in total. The van der Waals surface area contributed by atoms with E-state index in [2.05, 4.69) is 5.32 Å². The lowest BCUT2D eigenvalue weighted by molar-refractivity contribution is 0.0993. The summed E-state index contributed by atoms with van der Waals surface area (Å²) >= 11 is 6.03. The van der Waals surface area contributed by atoms with Crippen LogP contribution in [0.2, 0.25) is 5.02 Å². The van der Waals surface area contributed by atoms with E-state index in [1.165, 1.54) is 0 Å². The maximum Gasteiger partial charge on any atom is 0.260 e. The summed E-state index contributed by atoms with van der Waals surface area (Å²) in [5.41, 5.74) is 3.17. The first kappa shape index (κ1) is 18.2. The number of halogens is 1. The number of nitrogens with one attached hydrogen (secondary N) is 1. The van der Waals surface area contributed by atoms with E-state index in [4.69, 9.17) is 21.1 Å². The van der Waals surface area contributed by atoms with Crippen LogP contribution in [0.5, 0.6) is 11.5 Å². The van der Waals surface area contributed by atoms with Crippen LogP contribution in [0, 0.1) is 0 Å². The number of methoxy groups -OCH3 is 2. The highest BCUT2D eigenvalue weighted by Crippen LogP contribution is 2.39. The van der Waals surface area contributed by atoms with Gasteiger partial charge in [-0.15, -0.1) is 0 Å². The lowest BCUT2D eigenvalue weighted by Crippen LogP contribution is -2.32. The van der Waals surface area contributed by atoms with Gasteiger partial charge in [-0.2, -0.15) is 0 Å². The minimum absolute atomic E-state index is 0.0594. The second-order valence-electron chi connectivity index (χ2n) is 6.36. The third-order valence-electron chi connectivity index (χ3n) is 4.75. The van der Waals surface area contributed by atoms with Crippen LogP contribution >= 0.6 is 11.6 Å². The summed E-state index contributed by atoms with van der Waals surface area (Å²) in [6.07, 6.45) is -0.358. The molecule has 1 amide bonds. The first-order valence-electron chi connectivity index (χ1n) is 8.79. The highest BCUT2D eigenvalue weighted by Gasteiger charge is 2.37. The molecule has 0 aliphatic carbocycles. The lowest BCUT2D eigenvalue weighted by Gasteiger charge is -2.27. The maximum absolute atomic E-state index is 13.1. The highest BCUT2D eigenvalue weighted by molar-refractivity contribution is 6.30. The Labute approximate surface area is 168 Å². The molecular weight excluding hydrogens is 376 g/mol. The lowest BCUT2D eigenvalue weighted by atomic mass is 10.1. The first-order chi connectivity index (χ1) is 13.6. The third-order valence-corrected chi connectivity index (χ3v) is 5.01. The maximum atomic E-state index is 13.1. The van der Waals surface area contributed by atoms with Gasteiger partial charge in [0.1, 0.15) is 6.17 Å². The summed E-state index contributed by atoms with van der Waals surface area (Å²) in [7, 11) is 3.19. The van der Waals surface area contributed by atoms with Crippen LogP contribution < -0.4 is 19.7 Å². The Bertz CT molecular complexity index is 1020. The topological polar surface area (TPSA) is 50.8 Å². The molecule has 1 N–H and O–H groups in total. The quantitative estimate of drug-likeness (QED) is 0.651. The van der Waals surface area contributed by atoms with Gasteiger partial charge in [0.05, 0.1) is 14.2 Å². The van der Waals surface area contributed by atoms with Crippen molar-refractivity contribution < 1.29 is 14.3 Å². The Morgan fingerprint density at radius 3 is 2.36 bits per heavy atom. The molecule has 3 aromatic carbocycles. The van der Waals surface area contributed by atoms with Crippen LogP contribution in [-0.2, 0) is 0 Å². The molecule has 0 aromatic heterocycles. The molecule has 1 aliphatic heterocycles. The molecular formula is C22H19ClN2O3. The Morgan fingerprint density at radius 1 is 0.929 bits per heavy atom.